The Labute approximate surface area is 146 Å². The largest absolute Gasteiger partial charge is 0.494 e. The molecule has 0 saturated carbocycles. The fourth-order valence-corrected chi connectivity index (χ4v) is 3.55. The Morgan fingerprint density at radius 3 is 2.92 bits per heavy atom. The number of methoxy groups -OCH3 is 1. The van der Waals surface area contributed by atoms with Crippen LogP contribution in [0.4, 0.5) is 9.18 Å². The van der Waals surface area contributed by atoms with E-state index in [-0.39, 0.29) is 23.7 Å². The molecule has 1 N–H and O–H groups in total. The SMILES string of the molecule is COc1ccc(CCC(=O)N2CCC[C@H](N3CCNC3=O)C2)cc1F. The molecule has 2 fully saturated rings. The van der Waals surface area contributed by atoms with E-state index in [2.05, 4.69) is 5.32 Å². The van der Waals surface area contributed by atoms with Gasteiger partial charge in [0, 0.05) is 32.6 Å². The van der Waals surface area contributed by atoms with Crippen molar-refractivity contribution in [3.63, 3.8) is 0 Å². The number of urea groups is 1. The number of halogens is 1. The molecule has 2 saturated heterocycles. The first-order chi connectivity index (χ1) is 12.1. The second-order valence-electron chi connectivity index (χ2n) is 6.53. The van der Waals surface area contributed by atoms with Gasteiger partial charge in [0.25, 0.3) is 0 Å². The van der Waals surface area contributed by atoms with Gasteiger partial charge in [-0.1, -0.05) is 6.07 Å². The molecular formula is C18H24FN3O3. The van der Waals surface area contributed by atoms with E-state index < -0.39 is 5.82 Å². The number of nitrogens with zero attached hydrogens (tertiary/aromatic N) is 2. The predicted molar refractivity (Wildman–Crippen MR) is 91.0 cm³/mol. The number of nitrogens with one attached hydrogen (secondary N) is 1. The lowest BCUT2D eigenvalue weighted by molar-refractivity contribution is -0.133. The van der Waals surface area contributed by atoms with Gasteiger partial charge < -0.3 is 19.9 Å². The zero-order valence-corrected chi connectivity index (χ0v) is 14.5. The van der Waals surface area contributed by atoms with Crippen molar-refractivity contribution in [2.75, 3.05) is 33.3 Å². The topological polar surface area (TPSA) is 61.9 Å². The Morgan fingerprint density at radius 1 is 1.40 bits per heavy atom. The van der Waals surface area contributed by atoms with Gasteiger partial charge in [-0.05, 0) is 37.0 Å². The highest BCUT2D eigenvalue weighted by Crippen LogP contribution is 2.21. The van der Waals surface area contributed by atoms with Crippen molar-refractivity contribution in [2.45, 2.75) is 31.7 Å². The number of likely N-dealkylation sites (tertiary alicyclic amines) is 1. The average Bonchev–Trinajstić information content (AvgIpc) is 3.06. The van der Waals surface area contributed by atoms with E-state index in [0.29, 0.717) is 32.5 Å². The van der Waals surface area contributed by atoms with E-state index in [1.54, 1.807) is 12.1 Å². The van der Waals surface area contributed by atoms with Crippen molar-refractivity contribution >= 4 is 11.9 Å². The summed E-state index contributed by atoms with van der Waals surface area (Å²) in [5.41, 5.74) is 0.777. The average molecular weight is 349 g/mol. The Balaban J connectivity index is 1.54. The molecule has 2 heterocycles. The second kappa shape index (κ2) is 7.72. The van der Waals surface area contributed by atoms with Crippen LogP contribution < -0.4 is 10.1 Å². The van der Waals surface area contributed by atoms with Gasteiger partial charge in [0.1, 0.15) is 0 Å². The Morgan fingerprint density at radius 2 is 2.24 bits per heavy atom. The number of amides is 3. The number of piperidine rings is 1. The first-order valence-corrected chi connectivity index (χ1v) is 8.73. The van der Waals surface area contributed by atoms with Crippen LogP contribution in [-0.4, -0.2) is 61.1 Å². The summed E-state index contributed by atoms with van der Waals surface area (Å²) in [5.74, 6) is -0.149. The Kier molecular flexibility index (Phi) is 5.40. The summed E-state index contributed by atoms with van der Waals surface area (Å²) in [6.45, 7) is 2.69. The van der Waals surface area contributed by atoms with Gasteiger partial charge in [0.2, 0.25) is 5.91 Å². The minimum Gasteiger partial charge on any atom is -0.494 e. The van der Waals surface area contributed by atoms with Crippen molar-refractivity contribution in [3.8, 4) is 5.75 Å². The summed E-state index contributed by atoms with van der Waals surface area (Å²) < 4.78 is 18.6. The van der Waals surface area contributed by atoms with Crippen LogP contribution in [0.3, 0.4) is 0 Å². The molecule has 2 aliphatic rings. The summed E-state index contributed by atoms with van der Waals surface area (Å²) in [6.07, 6.45) is 2.66. The number of aryl methyl sites for hydroxylation is 1. The van der Waals surface area contributed by atoms with Crippen LogP contribution >= 0.6 is 0 Å². The van der Waals surface area contributed by atoms with Gasteiger partial charge >= 0.3 is 6.03 Å². The minimum absolute atomic E-state index is 0.0343. The number of rotatable bonds is 5. The number of ether oxygens (including phenoxy) is 1. The van der Waals surface area contributed by atoms with Crippen LogP contribution in [-0.2, 0) is 11.2 Å². The number of hydrogen-bond acceptors (Lipinski definition) is 3. The van der Waals surface area contributed by atoms with Gasteiger partial charge in [0.05, 0.1) is 13.2 Å². The van der Waals surface area contributed by atoms with Crippen molar-refractivity contribution < 1.29 is 18.7 Å². The van der Waals surface area contributed by atoms with Crippen LogP contribution in [0.25, 0.3) is 0 Å². The van der Waals surface area contributed by atoms with Crippen LogP contribution in [0.15, 0.2) is 18.2 Å². The lowest BCUT2D eigenvalue weighted by Gasteiger charge is -2.37. The zero-order chi connectivity index (χ0) is 17.8. The van der Waals surface area contributed by atoms with Gasteiger partial charge in [-0.25, -0.2) is 9.18 Å². The van der Waals surface area contributed by atoms with Crippen molar-refractivity contribution in [1.82, 2.24) is 15.1 Å². The van der Waals surface area contributed by atoms with E-state index in [9.17, 15) is 14.0 Å². The quantitative estimate of drug-likeness (QED) is 0.881. The molecule has 3 amide bonds. The molecule has 136 valence electrons. The maximum absolute atomic E-state index is 13.7. The van der Waals surface area contributed by atoms with Crippen LogP contribution in [0.5, 0.6) is 5.75 Å². The lowest BCUT2D eigenvalue weighted by atomic mass is 10.0. The maximum atomic E-state index is 13.7. The molecule has 0 unspecified atom stereocenters. The molecule has 0 bridgehead atoms. The summed E-state index contributed by atoms with van der Waals surface area (Å²) in [4.78, 5) is 28.0. The molecule has 0 aliphatic carbocycles. The highest BCUT2D eigenvalue weighted by Gasteiger charge is 2.32. The van der Waals surface area contributed by atoms with Crippen molar-refractivity contribution in [1.29, 1.82) is 0 Å². The van der Waals surface area contributed by atoms with E-state index >= 15 is 0 Å². The molecule has 1 atom stereocenters. The summed E-state index contributed by atoms with van der Waals surface area (Å²) in [5, 5.41) is 2.81. The molecule has 6 nitrogen and oxygen atoms in total. The standard InChI is InChI=1S/C18H24FN3O3/c1-25-16-6-4-13(11-15(16)19)5-7-17(23)21-9-2-3-14(12-21)22-10-8-20-18(22)24/h4,6,11,14H,2-3,5,7-10,12H2,1H3,(H,20,24)/t14-/m0/s1. The smallest absolute Gasteiger partial charge is 0.317 e. The molecule has 1 aromatic rings. The highest BCUT2D eigenvalue weighted by molar-refractivity contribution is 5.78. The molecule has 0 aromatic heterocycles. The van der Waals surface area contributed by atoms with E-state index in [0.717, 1.165) is 24.9 Å². The monoisotopic (exact) mass is 349 g/mol. The second-order valence-corrected chi connectivity index (χ2v) is 6.53. The van der Waals surface area contributed by atoms with E-state index in [4.69, 9.17) is 4.74 Å². The first kappa shape index (κ1) is 17.5. The first-order valence-electron chi connectivity index (χ1n) is 8.73. The van der Waals surface area contributed by atoms with Crippen molar-refractivity contribution in [3.05, 3.63) is 29.6 Å². The predicted octanol–water partition coefficient (Wildman–Crippen LogP) is 1.78. The number of carbonyl (C=O) groups excluding carboxylic acids is 2. The van der Waals surface area contributed by atoms with Gasteiger partial charge in [-0.2, -0.15) is 0 Å². The minimum atomic E-state index is -0.412. The molecule has 1 aromatic carbocycles. The van der Waals surface area contributed by atoms with Crippen LogP contribution in [0.1, 0.15) is 24.8 Å². The number of benzene rings is 1. The molecule has 3 rings (SSSR count). The number of carbonyl (C=O) groups is 2. The zero-order valence-electron chi connectivity index (χ0n) is 14.5. The molecular weight excluding hydrogens is 325 g/mol. The van der Waals surface area contributed by atoms with E-state index in [1.165, 1.54) is 13.2 Å². The Hall–Kier alpha value is -2.31. The highest BCUT2D eigenvalue weighted by atomic mass is 19.1. The van der Waals surface area contributed by atoms with Gasteiger partial charge in [0.15, 0.2) is 11.6 Å². The molecule has 0 spiro atoms. The van der Waals surface area contributed by atoms with Crippen LogP contribution in [0.2, 0.25) is 0 Å². The normalized spacial score (nSPS) is 20.6. The third-order valence-electron chi connectivity index (χ3n) is 4.92. The third-order valence-corrected chi connectivity index (χ3v) is 4.92. The Bertz CT molecular complexity index is 652. The van der Waals surface area contributed by atoms with Gasteiger partial charge in [-0.15, -0.1) is 0 Å². The van der Waals surface area contributed by atoms with Crippen molar-refractivity contribution in [2.24, 2.45) is 0 Å². The van der Waals surface area contributed by atoms with Crippen LogP contribution in [0, 0.1) is 5.82 Å². The molecule has 25 heavy (non-hydrogen) atoms. The maximum Gasteiger partial charge on any atom is 0.317 e. The summed E-state index contributed by atoms with van der Waals surface area (Å²) in [7, 11) is 1.43. The molecule has 0 radical (unpaired) electrons. The molecule has 7 heteroatoms. The number of hydrogen-bond donors (Lipinski definition) is 1. The molecule has 2 aliphatic heterocycles. The fourth-order valence-electron chi connectivity index (χ4n) is 3.55. The summed E-state index contributed by atoms with van der Waals surface area (Å²) >= 11 is 0. The third kappa shape index (κ3) is 4.03. The van der Waals surface area contributed by atoms with Gasteiger partial charge in [-0.3, -0.25) is 4.79 Å². The summed E-state index contributed by atoms with van der Waals surface area (Å²) in [6, 6.07) is 4.84. The lowest BCUT2D eigenvalue weighted by Crippen LogP contribution is -2.50. The fraction of sp³-hybridized carbons (Fsp3) is 0.556. The van der Waals surface area contributed by atoms with E-state index in [1.807, 2.05) is 9.80 Å².